The molecule has 0 aliphatic carbocycles. The number of alkyl halides is 6. The summed E-state index contributed by atoms with van der Waals surface area (Å²) in [4.78, 5) is 24.6. The van der Waals surface area contributed by atoms with Crippen molar-refractivity contribution in [1.29, 1.82) is 0 Å². The Morgan fingerprint density at radius 1 is 1.08 bits per heavy atom. The van der Waals surface area contributed by atoms with E-state index in [-0.39, 0.29) is 17.7 Å². The van der Waals surface area contributed by atoms with Crippen molar-refractivity contribution >= 4 is 39.5 Å². The lowest BCUT2D eigenvalue weighted by Crippen LogP contribution is -2.34. The minimum Gasteiger partial charge on any atom is -0.387 e. The number of rotatable bonds is 6. The topological polar surface area (TPSA) is 114 Å². The summed E-state index contributed by atoms with van der Waals surface area (Å²) >= 11 is 1.29. The van der Waals surface area contributed by atoms with Crippen molar-refractivity contribution in [2.45, 2.75) is 25.3 Å². The van der Waals surface area contributed by atoms with Crippen LogP contribution in [0.25, 0.3) is 16.2 Å². The van der Waals surface area contributed by atoms with Gasteiger partial charge in [0.05, 0.1) is 41.2 Å². The van der Waals surface area contributed by atoms with Crippen molar-refractivity contribution in [3.63, 3.8) is 0 Å². The van der Waals surface area contributed by atoms with E-state index >= 15 is 0 Å². The van der Waals surface area contributed by atoms with Gasteiger partial charge in [0.15, 0.2) is 5.82 Å². The second-order valence-corrected chi connectivity index (χ2v) is 8.99. The van der Waals surface area contributed by atoms with E-state index in [0.717, 1.165) is 22.0 Å². The number of aryl methyl sites for hydroxylation is 1. The number of amides is 1. The number of carbonyl (C=O) groups excluding carboxylic acids is 1. The Kier molecular flexibility index (Phi) is 8.51. The molecule has 1 unspecified atom stereocenters. The molecule has 4 aromatic heterocycles. The van der Waals surface area contributed by atoms with E-state index in [0.29, 0.717) is 21.0 Å². The molecule has 0 fully saturated rings. The number of fused-ring (bicyclic) bond motifs is 1. The number of nitrogens with one attached hydrogen (secondary N) is 2. The second kappa shape index (κ2) is 11.3. The highest BCUT2D eigenvalue weighted by Gasteiger charge is 2.45. The van der Waals surface area contributed by atoms with Gasteiger partial charge in [0.2, 0.25) is 6.41 Å². The predicted molar refractivity (Wildman–Crippen MR) is 128 cm³/mol. The molecule has 0 spiro atoms. The third-order valence-electron chi connectivity index (χ3n) is 4.95. The molecule has 1 amide bonds. The molecule has 0 saturated carbocycles. The molecule has 0 bridgehead atoms. The zero-order valence-corrected chi connectivity index (χ0v) is 21.1. The smallest absolute Gasteiger partial charge is 0.387 e. The fraction of sp³-hybridized carbons (Fsp3) is 0.333. The van der Waals surface area contributed by atoms with Gasteiger partial charge in [-0.05, 0) is 27.1 Å². The van der Waals surface area contributed by atoms with E-state index in [1.165, 1.54) is 44.0 Å². The summed E-state index contributed by atoms with van der Waals surface area (Å²) in [5, 5.41) is 12.8. The Labute approximate surface area is 215 Å². The van der Waals surface area contributed by atoms with E-state index < -0.39 is 29.8 Å². The molecule has 0 aromatic carbocycles. The van der Waals surface area contributed by atoms with E-state index in [4.69, 9.17) is 0 Å². The average Bonchev–Trinajstić information content (AvgIpc) is 3.48. The van der Waals surface area contributed by atoms with E-state index in [1.807, 2.05) is 0 Å². The van der Waals surface area contributed by atoms with Gasteiger partial charge in [0.25, 0.3) is 0 Å². The zero-order chi connectivity index (χ0) is 28.3. The zero-order valence-electron chi connectivity index (χ0n) is 20.3. The van der Waals surface area contributed by atoms with Crippen molar-refractivity contribution < 1.29 is 31.1 Å². The summed E-state index contributed by atoms with van der Waals surface area (Å²) in [5.41, 5.74) is -0.313. The van der Waals surface area contributed by atoms with Gasteiger partial charge < -0.3 is 10.6 Å². The van der Waals surface area contributed by atoms with Crippen LogP contribution in [0, 0.1) is 6.92 Å². The lowest BCUT2D eigenvalue weighted by Gasteiger charge is -2.28. The van der Waals surface area contributed by atoms with Crippen LogP contribution in [-0.4, -0.2) is 68.6 Å². The first-order valence-corrected chi connectivity index (χ1v) is 11.4. The summed E-state index contributed by atoms with van der Waals surface area (Å²) in [6, 6.07) is -0.961. The van der Waals surface area contributed by atoms with Crippen LogP contribution in [0.1, 0.15) is 22.2 Å². The lowest BCUT2D eigenvalue weighted by molar-refractivity contribution is -0.179. The minimum atomic E-state index is -4.63. The Hall–Kier alpha value is -3.86. The third-order valence-corrected chi connectivity index (χ3v) is 5.83. The van der Waals surface area contributed by atoms with Gasteiger partial charge >= 0.3 is 12.4 Å². The number of hydrogen-bond donors (Lipinski definition) is 2. The van der Waals surface area contributed by atoms with Crippen LogP contribution in [0.5, 0.6) is 0 Å². The molecular formula is C21H21F6N9OS. The van der Waals surface area contributed by atoms with Crippen molar-refractivity contribution in [1.82, 2.24) is 34.8 Å². The van der Waals surface area contributed by atoms with Crippen molar-refractivity contribution in [2.75, 3.05) is 31.8 Å². The molecule has 2 N–H and O–H groups in total. The van der Waals surface area contributed by atoms with Gasteiger partial charge in [0, 0.05) is 12.6 Å². The Balaban J connectivity index is 0.000000212. The Morgan fingerprint density at radius 3 is 2.26 bits per heavy atom. The maximum Gasteiger partial charge on any atom is 0.420 e. The number of aromatic nitrogens is 6. The maximum atomic E-state index is 13.4. The number of hydrogen-bond acceptors (Lipinski definition) is 9. The SMILES string of the molecule is CNc1cnc2sc(C)nc2c1C(N(C)C)C(F)(F)F.O=CNc1cnc(-n2nccn2)c(C(F)(F)F)c1. The maximum absolute atomic E-state index is 13.4. The molecule has 0 aliphatic rings. The first-order chi connectivity index (χ1) is 17.8. The van der Waals surface area contributed by atoms with Crippen molar-refractivity contribution in [2.24, 2.45) is 0 Å². The standard InChI is InChI=1S/C12H15F3N4S.C9H6F3N5O/c1-6-18-9-8(10(19(3)4)12(13,14)15)7(16-2)5-17-11(9)20-6;10-9(11,12)7-3-6(14-5-18)4-13-8(7)17-15-1-2-16-17/h5,10,16H,1-4H3;1-5H,(H,14,18). The highest BCUT2D eigenvalue weighted by molar-refractivity contribution is 7.18. The van der Waals surface area contributed by atoms with Crippen LogP contribution < -0.4 is 10.6 Å². The summed E-state index contributed by atoms with van der Waals surface area (Å²) in [7, 11) is 4.39. The van der Waals surface area contributed by atoms with Crippen molar-refractivity contribution in [3.8, 4) is 5.82 Å². The summed E-state index contributed by atoms with van der Waals surface area (Å²) in [6.07, 6.45) is -3.76. The lowest BCUT2D eigenvalue weighted by atomic mass is 10.0. The van der Waals surface area contributed by atoms with Crippen LogP contribution >= 0.6 is 11.3 Å². The van der Waals surface area contributed by atoms with E-state index in [1.54, 1.807) is 14.0 Å². The first-order valence-electron chi connectivity index (χ1n) is 10.6. The number of halogens is 6. The highest BCUT2D eigenvalue weighted by atomic mass is 32.1. The molecular weight excluding hydrogens is 540 g/mol. The van der Waals surface area contributed by atoms with Gasteiger partial charge in [-0.1, -0.05) is 11.3 Å². The molecule has 10 nitrogen and oxygen atoms in total. The number of nitrogens with zero attached hydrogens (tertiary/aromatic N) is 7. The monoisotopic (exact) mass is 561 g/mol. The van der Waals surface area contributed by atoms with Crippen LogP contribution in [0.15, 0.2) is 30.9 Å². The highest BCUT2D eigenvalue weighted by Crippen LogP contribution is 2.43. The molecule has 0 aliphatic heterocycles. The van der Waals surface area contributed by atoms with E-state index in [9.17, 15) is 31.1 Å². The van der Waals surface area contributed by atoms with Gasteiger partial charge in [-0.2, -0.15) is 36.5 Å². The quantitative estimate of drug-likeness (QED) is 0.262. The fourth-order valence-electron chi connectivity index (χ4n) is 3.49. The van der Waals surface area contributed by atoms with Crippen LogP contribution in [-0.2, 0) is 11.0 Å². The largest absolute Gasteiger partial charge is 0.420 e. The average molecular weight is 562 g/mol. The first kappa shape index (κ1) is 28.7. The predicted octanol–water partition coefficient (Wildman–Crippen LogP) is 4.46. The fourth-order valence-corrected chi connectivity index (χ4v) is 4.26. The van der Waals surface area contributed by atoms with Crippen LogP contribution in [0.2, 0.25) is 0 Å². The minimum absolute atomic E-state index is 0.0618. The van der Waals surface area contributed by atoms with Gasteiger partial charge in [0.1, 0.15) is 22.0 Å². The molecule has 0 saturated heterocycles. The number of anilines is 2. The molecule has 204 valence electrons. The molecule has 38 heavy (non-hydrogen) atoms. The molecule has 4 aromatic rings. The Morgan fingerprint density at radius 2 is 1.74 bits per heavy atom. The molecule has 0 radical (unpaired) electrons. The molecule has 4 heterocycles. The normalized spacial score (nSPS) is 12.7. The molecule has 4 rings (SSSR count). The van der Waals surface area contributed by atoms with E-state index in [2.05, 4.69) is 35.8 Å². The van der Waals surface area contributed by atoms with Crippen molar-refractivity contribution in [3.05, 3.63) is 47.0 Å². The van der Waals surface area contributed by atoms with Gasteiger partial charge in [-0.25, -0.2) is 15.0 Å². The van der Waals surface area contributed by atoms with Crippen LogP contribution in [0.3, 0.4) is 0 Å². The molecule has 1 atom stereocenters. The summed E-state index contributed by atoms with van der Waals surface area (Å²) in [5.74, 6) is -0.455. The van der Waals surface area contributed by atoms with Gasteiger partial charge in [-0.15, -0.1) is 4.80 Å². The number of carbonyl (C=O) groups is 1. The second-order valence-electron chi connectivity index (χ2n) is 7.80. The summed E-state index contributed by atoms with van der Waals surface area (Å²) < 4.78 is 78.7. The third kappa shape index (κ3) is 6.34. The Bertz CT molecular complexity index is 1390. The van der Waals surface area contributed by atoms with Gasteiger partial charge in [-0.3, -0.25) is 9.69 Å². The van der Waals surface area contributed by atoms with Crippen LogP contribution in [0.4, 0.5) is 37.7 Å². The number of thiazole rings is 1. The molecule has 17 heteroatoms. The number of pyridine rings is 2. The summed E-state index contributed by atoms with van der Waals surface area (Å²) in [6.45, 7) is 1.76.